The molecule has 0 unspecified atom stereocenters. The van der Waals surface area contributed by atoms with Gasteiger partial charge < -0.3 is 10.2 Å². The molecule has 27 heavy (non-hydrogen) atoms. The van der Waals surface area contributed by atoms with Crippen molar-refractivity contribution in [3.8, 4) is 0 Å². The van der Waals surface area contributed by atoms with E-state index >= 15 is 0 Å². The van der Waals surface area contributed by atoms with Crippen molar-refractivity contribution in [3.63, 3.8) is 0 Å². The standard InChI is InChI=1S/C22H25ClN2O2/c23-19-10-6-9-18(15-19)20(17-7-2-1-3-8-17)16-21(26)24-12-14-25-13-5-4-11-22(25)27/h1-3,6-10,15,20H,4-5,11-14,16H2,(H,24,26)/t20-/m1/s1. The molecule has 4 nitrogen and oxygen atoms in total. The summed E-state index contributed by atoms with van der Waals surface area (Å²) in [5, 5.41) is 3.63. The van der Waals surface area contributed by atoms with Gasteiger partial charge in [0.25, 0.3) is 0 Å². The van der Waals surface area contributed by atoms with Gasteiger partial charge in [0.05, 0.1) is 0 Å². The molecule has 1 N–H and O–H groups in total. The second-order valence-corrected chi connectivity index (χ2v) is 7.35. The lowest BCUT2D eigenvalue weighted by Crippen LogP contribution is -2.41. The first-order valence-electron chi connectivity index (χ1n) is 9.48. The van der Waals surface area contributed by atoms with Crippen LogP contribution in [0.4, 0.5) is 0 Å². The molecule has 2 aromatic rings. The summed E-state index contributed by atoms with van der Waals surface area (Å²) >= 11 is 6.16. The minimum Gasteiger partial charge on any atom is -0.354 e. The molecule has 1 aliphatic rings. The highest BCUT2D eigenvalue weighted by Crippen LogP contribution is 2.29. The van der Waals surface area contributed by atoms with Gasteiger partial charge in [-0.1, -0.05) is 54.1 Å². The largest absolute Gasteiger partial charge is 0.354 e. The monoisotopic (exact) mass is 384 g/mol. The quantitative estimate of drug-likeness (QED) is 0.784. The van der Waals surface area contributed by atoms with Gasteiger partial charge in [-0.3, -0.25) is 9.59 Å². The third-order valence-corrected chi connectivity index (χ3v) is 5.20. The molecule has 1 saturated heterocycles. The van der Waals surface area contributed by atoms with Gasteiger partial charge in [0.15, 0.2) is 0 Å². The maximum Gasteiger partial charge on any atom is 0.222 e. The SMILES string of the molecule is O=C(C[C@H](c1ccccc1)c1cccc(Cl)c1)NCCN1CCCCC1=O. The van der Waals surface area contributed by atoms with E-state index in [4.69, 9.17) is 11.6 Å². The van der Waals surface area contributed by atoms with Crippen molar-refractivity contribution in [1.29, 1.82) is 0 Å². The van der Waals surface area contributed by atoms with Crippen LogP contribution in [0.3, 0.4) is 0 Å². The van der Waals surface area contributed by atoms with Crippen molar-refractivity contribution in [2.75, 3.05) is 19.6 Å². The van der Waals surface area contributed by atoms with E-state index in [2.05, 4.69) is 5.32 Å². The predicted molar refractivity (Wildman–Crippen MR) is 108 cm³/mol. The molecule has 1 aliphatic heterocycles. The minimum absolute atomic E-state index is 0.0201. The molecule has 0 saturated carbocycles. The molecule has 5 heteroatoms. The zero-order chi connectivity index (χ0) is 19.1. The van der Waals surface area contributed by atoms with E-state index in [0.717, 1.165) is 30.5 Å². The molecule has 1 atom stereocenters. The van der Waals surface area contributed by atoms with Crippen molar-refractivity contribution < 1.29 is 9.59 Å². The zero-order valence-corrected chi connectivity index (χ0v) is 16.1. The average molecular weight is 385 g/mol. The second-order valence-electron chi connectivity index (χ2n) is 6.91. The Morgan fingerprint density at radius 3 is 2.59 bits per heavy atom. The fourth-order valence-electron chi connectivity index (χ4n) is 3.52. The third kappa shape index (κ3) is 5.57. The highest BCUT2D eigenvalue weighted by atomic mass is 35.5. The Kier molecular flexibility index (Phi) is 6.88. The number of piperidine rings is 1. The average Bonchev–Trinajstić information content (AvgIpc) is 2.68. The van der Waals surface area contributed by atoms with Gasteiger partial charge in [-0.25, -0.2) is 0 Å². The molecule has 0 radical (unpaired) electrons. The van der Waals surface area contributed by atoms with Gasteiger partial charge in [-0.2, -0.15) is 0 Å². The zero-order valence-electron chi connectivity index (χ0n) is 15.4. The molecule has 2 aromatic carbocycles. The maximum atomic E-state index is 12.6. The Bertz CT molecular complexity index is 779. The minimum atomic E-state index is -0.0541. The number of hydrogen-bond donors (Lipinski definition) is 1. The van der Waals surface area contributed by atoms with E-state index in [9.17, 15) is 9.59 Å². The Morgan fingerprint density at radius 1 is 1.07 bits per heavy atom. The lowest BCUT2D eigenvalue weighted by Gasteiger charge is -2.26. The van der Waals surface area contributed by atoms with Crippen LogP contribution in [0, 0.1) is 0 Å². The Balaban J connectivity index is 1.62. The highest BCUT2D eigenvalue weighted by Gasteiger charge is 2.20. The van der Waals surface area contributed by atoms with E-state index in [1.165, 1.54) is 0 Å². The summed E-state index contributed by atoms with van der Waals surface area (Å²) in [4.78, 5) is 26.3. The van der Waals surface area contributed by atoms with Crippen LogP contribution in [-0.4, -0.2) is 36.3 Å². The van der Waals surface area contributed by atoms with Crippen molar-refractivity contribution >= 4 is 23.4 Å². The van der Waals surface area contributed by atoms with Crippen LogP contribution in [-0.2, 0) is 9.59 Å². The van der Waals surface area contributed by atoms with E-state index < -0.39 is 0 Å². The fraction of sp³-hybridized carbons (Fsp3) is 0.364. The topological polar surface area (TPSA) is 49.4 Å². The first kappa shape index (κ1) is 19.4. The van der Waals surface area contributed by atoms with Gasteiger partial charge in [-0.05, 0) is 36.1 Å². The number of carbonyl (C=O) groups is 2. The summed E-state index contributed by atoms with van der Waals surface area (Å²) < 4.78 is 0. The molecule has 1 fully saturated rings. The van der Waals surface area contributed by atoms with Crippen LogP contribution in [0.25, 0.3) is 0 Å². The number of nitrogens with one attached hydrogen (secondary N) is 1. The number of halogens is 1. The lowest BCUT2D eigenvalue weighted by molar-refractivity contribution is -0.133. The Morgan fingerprint density at radius 2 is 1.85 bits per heavy atom. The van der Waals surface area contributed by atoms with Crippen LogP contribution in [0.15, 0.2) is 54.6 Å². The van der Waals surface area contributed by atoms with Crippen molar-refractivity contribution in [2.24, 2.45) is 0 Å². The van der Waals surface area contributed by atoms with Crippen LogP contribution >= 0.6 is 11.6 Å². The summed E-state index contributed by atoms with van der Waals surface area (Å²) in [5.74, 6) is 0.117. The summed E-state index contributed by atoms with van der Waals surface area (Å²) in [6, 6.07) is 17.7. The third-order valence-electron chi connectivity index (χ3n) is 4.97. The number of nitrogens with zero attached hydrogens (tertiary/aromatic N) is 1. The molecule has 3 rings (SSSR count). The number of hydrogen-bond acceptors (Lipinski definition) is 2. The van der Waals surface area contributed by atoms with Crippen molar-refractivity contribution in [2.45, 2.75) is 31.6 Å². The smallest absolute Gasteiger partial charge is 0.222 e. The Labute approximate surface area is 165 Å². The van der Waals surface area contributed by atoms with Crippen LogP contribution in [0.5, 0.6) is 0 Å². The summed E-state index contributed by atoms with van der Waals surface area (Å²) in [7, 11) is 0. The van der Waals surface area contributed by atoms with E-state index in [0.29, 0.717) is 31.0 Å². The number of rotatable bonds is 7. The number of benzene rings is 2. The molecular weight excluding hydrogens is 360 g/mol. The summed E-state index contributed by atoms with van der Waals surface area (Å²) in [6.45, 7) is 1.86. The summed E-state index contributed by atoms with van der Waals surface area (Å²) in [5.41, 5.74) is 2.11. The normalized spacial score (nSPS) is 15.4. The van der Waals surface area contributed by atoms with E-state index in [1.54, 1.807) is 0 Å². The Hall–Kier alpha value is -2.33. The number of amides is 2. The van der Waals surface area contributed by atoms with E-state index in [1.807, 2.05) is 59.5 Å². The lowest BCUT2D eigenvalue weighted by atomic mass is 9.88. The number of likely N-dealkylation sites (tertiary alicyclic amines) is 1. The second kappa shape index (κ2) is 9.56. The molecule has 0 spiro atoms. The van der Waals surface area contributed by atoms with Crippen LogP contribution in [0.1, 0.15) is 42.7 Å². The van der Waals surface area contributed by atoms with Gasteiger partial charge >= 0.3 is 0 Å². The first-order chi connectivity index (χ1) is 13.1. The molecule has 1 heterocycles. The molecule has 2 amide bonds. The molecule has 142 valence electrons. The fourth-order valence-corrected chi connectivity index (χ4v) is 3.72. The van der Waals surface area contributed by atoms with Crippen molar-refractivity contribution in [1.82, 2.24) is 10.2 Å². The number of carbonyl (C=O) groups excluding carboxylic acids is 2. The highest BCUT2D eigenvalue weighted by molar-refractivity contribution is 6.30. The maximum absolute atomic E-state index is 12.6. The van der Waals surface area contributed by atoms with Gasteiger partial charge in [0, 0.05) is 43.4 Å². The first-order valence-corrected chi connectivity index (χ1v) is 9.86. The van der Waals surface area contributed by atoms with Crippen molar-refractivity contribution in [3.05, 3.63) is 70.7 Å². The molecule has 0 aromatic heterocycles. The molecular formula is C22H25ClN2O2. The predicted octanol–water partition coefficient (Wildman–Crippen LogP) is 3.99. The molecule has 0 bridgehead atoms. The van der Waals surface area contributed by atoms with Crippen LogP contribution < -0.4 is 5.32 Å². The van der Waals surface area contributed by atoms with Gasteiger partial charge in [0.1, 0.15) is 0 Å². The van der Waals surface area contributed by atoms with Gasteiger partial charge in [-0.15, -0.1) is 0 Å². The summed E-state index contributed by atoms with van der Waals surface area (Å²) in [6.07, 6.45) is 2.99. The van der Waals surface area contributed by atoms with E-state index in [-0.39, 0.29) is 17.7 Å². The van der Waals surface area contributed by atoms with Gasteiger partial charge in [0.2, 0.25) is 11.8 Å². The molecule has 0 aliphatic carbocycles. The van der Waals surface area contributed by atoms with Crippen LogP contribution in [0.2, 0.25) is 5.02 Å².